The number of urea groups is 1. The third kappa shape index (κ3) is 4.11. The van der Waals surface area contributed by atoms with Crippen LogP contribution in [0.3, 0.4) is 0 Å². The summed E-state index contributed by atoms with van der Waals surface area (Å²) in [6.07, 6.45) is 9.48. The number of imide groups is 1. The smallest absolute Gasteiger partial charge is 0.350 e. The molecular weight excluding hydrogens is 370 g/mol. The Labute approximate surface area is 169 Å². The molecule has 29 heavy (non-hydrogen) atoms. The van der Waals surface area contributed by atoms with Crippen LogP contribution in [0.1, 0.15) is 12.8 Å². The van der Waals surface area contributed by atoms with Gasteiger partial charge in [-0.25, -0.2) is 9.78 Å². The fraction of sp³-hybridized carbons (Fsp3) is 0.381. The maximum absolute atomic E-state index is 12.6. The Balaban J connectivity index is 1.25. The van der Waals surface area contributed by atoms with Crippen molar-refractivity contribution in [2.75, 3.05) is 37.6 Å². The average Bonchev–Trinajstić information content (AvgIpc) is 2.76. The summed E-state index contributed by atoms with van der Waals surface area (Å²) >= 11 is 0. The molecule has 3 heterocycles. The number of amides is 4. The van der Waals surface area contributed by atoms with E-state index in [0.717, 1.165) is 23.8 Å². The normalized spacial score (nSPS) is 21.3. The summed E-state index contributed by atoms with van der Waals surface area (Å²) in [7, 11) is 0. The Bertz CT molecular complexity index is 885. The number of carbonyl (C=O) groups is 3. The molecule has 0 spiro atoms. The molecule has 4 amide bonds. The standard InChI is InChI=1S/C21H23N5O3/c27-19(25-14-12-24(13-15-25)18-8-3-4-10-22-18)9-5-11-26-20(28)16-6-1-2-7-17(16)23-21(26)29/h1-4,6-8,10,16H,5,9,11-15H2. The van der Waals surface area contributed by atoms with Crippen LogP contribution >= 0.6 is 0 Å². The Kier molecular flexibility index (Phi) is 5.50. The van der Waals surface area contributed by atoms with Crippen LogP contribution in [0.15, 0.2) is 53.7 Å². The molecule has 4 rings (SSSR count). The summed E-state index contributed by atoms with van der Waals surface area (Å²) in [6, 6.07) is 5.26. The van der Waals surface area contributed by atoms with Gasteiger partial charge < -0.3 is 9.80 Å². The molecule has 2 aliphatic heterocycles. The molecule has 1 atom stereocenters. The van der Waals surface area contributed by atoms with E-state index in [4.69, 9.17) is 0 Å². The minimum atomic E-state index is -0.544. The molecule has 1 aromatic rings. The van der Waals surface area contributed by atoms with E-state index >= 15 is 0 Å². The van der Waals surface area contributed by atoms with Crippen LogP contribution in [0.5, 0.6) is 0 Å². The molecule has 0 saturated carbocycles. The zero-order chi connectivity index (χ0) is 20.2. The van der Waals surface area contributed by atoms with E-state index in [0.29, 0.717) is 31.6 Å². The number of aliphatic imine (C=N–C) groups is 1. The summed E-state index contributed by atoms with van der Waals surface area (Å²) in [4.78, 5) is 50.7. The van der Waals surface area contributed by atoms with Gasteiger partial charge in [0.2, 0.25) is 11.8 Å². The highest BCUT2D eigenvalue weighted by Gasteiger charge is 2.35. The summed E-state index contributed by atoms with van der Waals surface area (Å²) in [5, 5.41) is 0. The van der Waals surface area contributed by atoms with Gasteiger partial charge in [-0.15, -0.1) is 0 Å². The molecule has 0 N–H and O–H groups in total. The molecule has 1 fully saturated rings. The second-order valence-corrected chi connectivity index (χ2v) is 7.19. The van der Waals surface area contributed by atoms with E-state index in [9.17, 15) is 14.4 Å². The van der Waals surface area contributed by atoms with Crippen molar-refractivity contribution in [3.8, 4) is 0 Å². The highest BCUT2D eigenvalue weighted by molar-refractivity contribution is 6.21. The number of allylic oxidation sites excluding steroid dienone is 3. The van der Waals surface area contributed by atoms with Crippen molar-refractivity contribution in [2.45, 2.75) is 12.8 Å². The van der Waals surface area contributed by atoms with Crippen LogP contribution in [0, 0.1) is 5.92 Å². The lowest BCUT2D eigenvalue weighted by Gasteiger charge is -2.35. The van der Waals surface area contributed by atoms with Crippen molar-refractivity contribution in [1.82, 2.24) is 14.8 Å². The SMILES string of the molecule is O=C(CCCN1C(=O)N=C2C=CC=CC2C1=O)N1CCN(c2ccccn2)CC1. The van der Waals surface area contributed by atoms with Crippen LogP contribution in [0.4, 0.5) is 10.6 Å². The number of piperazine rings is 1. The first-order valence-electron chi connectivity index (χ1n) is 9.86. The predicted octanol–water partition coefficient (Wildman–Crippen LogP) is 1.66. The van der Waals surface area contributed by atoms with Gasteiger partial charge in [-0.1, -0.05) is 24.3 Å². The van der Waals surface area contributed by atoms with Crippen LogP contribution in [0.2, 0.25) is 0 Å². The van der Waals surface area contributed by atoms with E-state index in [1.165, 1.54) is 0 Å². The van der Waals surface area contributed by atoms with Crippen molar-refractivity contribution >= 4 is 29.4 Å². The first kappa shape index (κ1) is 19.0. The lowest BCUT2D eigenvalue weighted by molar-refractivity contribution is -0.133. The van der Waals surface area contributed by atoms with Crippen LogP contribution in [-0.4, -0.2) is 71.1 Å². The second-order valence-electron chi connectivity index (χ2n) is 7.19. The van der Waals surface area contributed by atoms with Crippen LogP contribution < -0.4 is 4.90 Å². The Morgan fingerprint density at radius 2 is 1.93 bits per heavy atom. The van der Waals surface area contributed by atoms with Crippen LogP contribution in [-0.2, 0) is 9.59 Å². The van der Waals surface area contributed by atoms with Gasteiger partial charge in [0.05, 0.1) is 11.6 Å². The quantitative estimate of drug-likeness (QED) is 0.759. The fourth-order valence-electron chi connectivity index (χ4n) is 3.76. The predicted molar refractivity (Wildman–Crippen MR) is 109 cm³/mol. The number of hydrogen-bond donors (Lipinski definition) is 0. The number of anilines is 1. The molecule has 1 aliphatic carbocycles. The maximum Gasteiger partial charge on any atom is 0.350 e. The van der Waals surface area contributed by atoms with Crippen molar-refractivity contribution < 1.29 is 14.4 Å². The zero-order valence-corrected chi connectivity index (χ0v) is 16.1. The van der Waals surface area contributed by atoms with Gasteiger partial charge in [0.1, 0.15) is 5.82 Å². The van der Waals surface area contributed by atoms with E-state index in [1.54, 1.807) is 30.5 Å². The Hall–Kier alpha value is -3.29. The van der Waals surface area contributed by atoms with Gasteiger partial charge in [-0.2, -0.15) is 4.99 Å². The van der Waals surface area contributed by atoms with Gasteiger partial charge in [-0.3, -0.25) is 14.5 Å². The van der Waals surface area contributed by atoms with Crippen molar-refractivity contribution in [3.05, 3.63) is 48.7 Å². The monoisotopic (exact) mass is 393 g/mol. The third-order valence-corrected chi connectivity index (χ3v) is 5.37. The molecule has 1 unspecified atom stereocenters. The van der Waals surface area contributed by atoms with Crippen molar-refractivity contribution in [2.24, 2.45) is 10.9 Å². The molecule has 1 aromatic heterocycles. The van der Waals surface area contributed by atoms with E-state index in [-0.39, 0.29) is 18.4 Å². The van der Waals surface area contributed by atoms with Gasteiger partial charge >= 0.3 is 6.03 Å². The number of fused-ring (bicyclic) bond motifs is 1. The number of nitrogens with zero attached hydrogens (tertiary/aromatic N) is 5. The molecule has 3 aliphatic rings. The van der Waals surface area contributed by atoms with E-state index < -0.39 is 11.9 Å². The fourth-order valence-corrected chi connectivity index (χ4v) is 3.76. The van der Waals surface area contributed by atoms with Gasteiger partial charge in [0.25, 0.3) is 0 Å². The minimum absolute atomic E-state index is 0.0484. The van der Waals surface area contributed by atoms with Gasteiger partial charge in [0.15, 0.2) is 0 Å². The Morgan fingerprint density at radius 1 is 1.10 bits per heavy atom. The molecule has 150 valence electrons. The first-order valence-corrected chi connectivity index (χ1v) is 9.86. The molecular formula is C21H23N5O3. The van der Waals surface area contributed by atoms with Crippen LogP contribution in [0.25, 0.3) is 0 Å². The molecule has 0 bridgehead atoms. The number of hydrogen-bond acceptors (Lipinski definition) is 5. The second kappa shape index (κ2) is 8.38. The molecule has 1 saturated heterocycles. The highest BCUT2D eigenvalue weighted by atomic mass is 16.2. The summed E-state index contributed by atoms with van der Waals surface area (Å²) in [5.41, 5.74) is 0.487. The van der Waals surface area contributed by atoms with Gasteiger partial charge in [0, 0.05) is 45.3 Å². The zero-order valence-electron chi connectivity index (χ0n) is 16.1. The third-order valence-electron chi connectivity index (χ3n) is 5.37. The summed E-state index contributed by atoms with van der Waals surface area (Å²) < 4.78 is 0. The molecule has 8 nitrogen and oxygen atoms in total. The molecule has 8 heteroatoms. The molecule has 0 aromatic carbocycles. The first-order chi connectivity index (χ1) is 14.1. The topological polar surface area (TPSA) is 86.2 Å². The summed E-state index contributed by atoms with van der Waals surface area (Å²) in [6.45, 7) is 2.98. The van der Waals surface area contributed by atoms with E-state index in [2.05, 4.69) is 14.9 Å². The number of aromatic nitrogens is 1. The lowest BCUT2D eigenvalue weighted by Crippen LogP contribution is -2.49. The highest BCUT2D eigenvalue weighted by Crippen LogP contribution is 2.20. The minimum Gasteiger partial charge on any atom is -0.353 e. The number of rotatable bonds is 5. The van der Waals surface area contributed by atoms with E-state index in [1.807, 2.05) is 23.1 Å². The number of carbonyl (C=O) groups excluding carboxylic acids is 3. The molecule has 0 radical (unpaired) electrons. The Morgan fingerprint density at radius 3 is 2.69 bits per heavy atom. The summed E-state index contributed by atoms with van der Waals surface area (Å²) in [5.74, 6) is 0.214. The lowest BCUT2D eigenvalue weighted by atomic mass is 9.95. The maximum atomic E-state index is 12.6. The van der Waals surface area contributed by atoms with Gasteiger partial charge in [-0.05, 0) is 24.6 Å². The largest absolute Gasteiger partial charge is 0.353 e. The van der Waals surface area contributed by atoms with Crippen molar-refractivity contribution in [3.63, 3.8) is 0 Å². The number of pyridine rings is 1. The van der Waals surface area contributed by atoms with Crippen molar-refractivity contribution in [1.29, 1.82) is 0 Å². The average molecular weight is 393 g/mol.